The van der Waals surface area contributed by atoms with Crippen LogP contribution >= 0.6 is 11.8 Å². The number of benzene rings is 1. The van der Waals surface area contributed by atoms with Crippen molar-refractivity contribution in [2.45, 2.75) is 17.9 Å². The third kappa shape index (κ3) is 3.81. The molecule has 1 aromatic rings. The van der Waals surface area contributed by atoms with Crippen molar-refractivity contribution < 1.29 is 8.42 Å². The normalized spacial score (nSPS) is 13.4. The third-order valence-corrected chi connectivity index (χ3v) is 4.27. The Hall–Kier alpha value is -0.880. The second-order valence-electron chi connectivity index (χ2n) is 3.99. The SMILES string of the molecule is CSCC(C)Nc1cccc(S(C)(=O)=O)c1N. The Morgan fingerprint density at radius 1 is 1.47 bits per heavy atom. The number of rotatable bonds is 5. The summed E-state index contributed by atoms with van der Waals surface area (Å²) in [7, 11) is -3.27. The van der Waals surface area contributed by atoms with E-state index in [0.29, 0.717) is 11.4 Å². The Morgan fingerprint density at radius 3 is 2.65 bits per heavy atom. The molecule has 6 heteroatoms. The van der Waals surface area contributed by atoms with Crippen LogP contribution in [-0.2, 0) is 9.84 Å². The molecular weight excluding hydrogens is 256 g/mol. The monoisotopic (exact) mass is 274 g/mol. The van der Waals surface area contributed by atoms with Gasteiger partial charge in [0.1, 0.15) is 0 Å². The van der Waals surface area contributed by atoms with Crippen LogP contribution in [0.4, 0.5) is 11.4 Å². The molecule has 1 aromatic carbocycles. The molecule has 3 N–H and O–H groups in total. The van der Waals surface area contributed by atoms with Gasteiger partial charge in [0.2, 0.25) is 0 Å². The lowest BCUT2D eigenvalue weighted by molar-refractivity contribution is 0.602. The minimum atomic E-state index is -3.27. The molecule has 0 bridgehead atoms. The van der Waals surface area contributed by atoms with Crippen molar-refractivity contribution in [2.24, 2.45) is 0 Å². The zero-order valence-corrected chi connectivity index (χ0v) is 11.9. The summed E-state index contributed by atoms with van der Waals surface area (Å²) in [6.07, 6.45) is 3.18. The Kier molecular flexibility index (Phi) is 4.70. The van der Waals surface area contributed by atoms with Gasteiger partial charge in [-0.1, -0.05) is 6.07 Å². The molecule has 0 heterocycles. The first-order valence-electron chi connectivity index (χ1n) is 5.20. The second kappa shape index (κ2) is 5.64. The van der Waals surface area contributed by atoms with Gasteiger partial charge in [-0.05, 0) is 25.3 Å². The minimum Gasteiger partial charge on any atom is -0.396 e. The first-order chi connectivity index (χ1) is 7.86. The van der Waals surface area contributed by atoms with Crippen LogP contribution in [0.15, 0.2) is 23.1 Å². The fraction of sp³-hybridized carbons (Fsp3) is 0.455. The molecule has 0 saturated heterocycles. The van der Waals surface area contributed by atoms with E-state index in [9.17, 15) is 8.42 Å². The first kappa shape index (κ1) is 14.2. The zero-order chi connectivity index (χ0) is 13.1. The molecule has 0 aromatic heterocycles. The van der Waals surface area contributed by atoms with E-state index >= 15 is 0 Å². The molecule has 0 amide bonds. The van der Waals surface area contributed by atoms with Crippen molar-refractivity contribution in [1.29, 1.82) is 0 Å². The largest absolute Gasteiger partial charge is 0.396 e. The smallest absolute Gasteiger partial charge is 0.177 e. The number of nitrogen functional groups attached to an aromatic ring is 1. The molecule has 4 nitrogen and oxygen atoms in total. The molecule has 17 heavy (non-hydrogen) atoms. The van der Waals surface area contributed by atoms with Crippen LogP contribution in [0.3, 0.4) is 0 Å². The Labute approximate surface area is 107 Å². The number of nitrogens with two attached hydrogens (primary N) is 1. The van der Waals surface area contributed by atoms with Gasteiger partial charge in [0, 0.05) is 18.1 Å². The Balaban J connectivity index is 3.03. The van der Waals surface area contributed by atoms with Gasteiger partial charge in [-0.2, -0.15) is 11.8 Å². The van der Waals surface area contributed by atoms with Gasteiger partial charge in [-0.15, -0.1) is 0 Å². The van der Waals surface area contributed by atoms with Gasteiger partial charge in [0.25, 0.3) is 0 Å². The number of hydrogen-bond donors (Lipinski definition) is 2. The van der Waals surface area contributed by atoms with Gasteiger partial charge in [0.05, 0.1) is 16.3 Å². The van der Waals surface area contributed by atoms with Crippen molar-refractivity contribution in [3.63, 3.8) is 0 Å². The van der Waals surface area contributed by atoms with Crippen LogP contribution in [0.2, 0.25) is 0 Å². The van der Waals surface area contributed by atoms with Gasteiger partial charge in [0.15, 0.2) is 9.84 Å². The van der Waals surface area contributed by atoms with E-state index in [4.69, 9.17) is 5.73 Å². The van der Waals surface area contributed by atoms with Crippen molar-refractivity contribution in [3.8, 4) is 0 Å². The van der Waals surface area contributed by atoms with Gasteiger partial charge < -0.3 is 11.1 Å². The summed E-state index contributed by atoms with van der Waals surface area (Å²) in [6, 6.07) is 5.25. The fourth-order valence-electron chi connectivity index (χ4n) is 1.55. The molecule has 1 rings (SSSR count). The molecule has 1 unspecified atom stereocenters. The average Bonchev–Trinajstić information content (AvgIpc) is 2.19. The molecule has 0 aliphatic carbocycles. The van der Waals surface area contributed by atoms with Crippen LogP contribution in [0.25, 0.3) is 0 Å². The summed E-state index contributed by atoms with van der Waals surface area (Å²) in [4.78, 5) is 0.179. The predicted molar refractivity (Wildman–Crippen MR) is 75.4 cm³/mol. The molecule has 0 saturated carbocycles. The number of para-hydroxylation sites is 1. The quantitative estimate of drug-likeness (QED) is 0.802. The summed E-state index contributed by atoms with van der Waals surface area (Å²) in [5, 5.41) is 3.21. The van der Waals surface area contributed by atoms with Crippen LogP contribution < -0.4 is 11.1 Å². The highest BCUT2D eigenvalue weighted by molar-refractivity contribution is 7.98. The molecule has 0 aliphatic rings. The highest BCUT2D eigenvalue weighted by atomic mass is 32.2. The van der Waals surface area contributed by atoms with Crippen LogP contribution in [0.5, 0.6) is 0 Å². The maximum atomic E-state index is 11.5. The van der Waals surface area contributed by atoms with E-state index in [2.05, 4.69) is 5.32 Å². The summed E-state index contributed by atoms with van der Waals surface area (Å²) < 4.78 is 23.0. The summed E-state index contributed by atoms with van der Waals surface area (Å²) in [5.41, 5.74) is 6.84. The Morgan fingerprint density at radius 2 is 2.12 bits per heavy atom. The fourth-order valence-corrected chi connectivity index (χ4v) is 2.97. The van der Waals surface area contributed by atoms with E-state index in [-0.39, 0.29) is 10.9 Å². The molecule has 0 spiro atoms. The van der Waals surface area contributed by atoms with Gasteiger partial charge in [-0.25, -0.2) is 8.42 Å². The lowest BCUT2D eigenvalue weighted by Gasteiger charge is -2.17. The van der Waals surface area contributed by atoms with E-state index in [0.717, 1.165) is 12.0 Å². The lowest BCUT2D eigenvalue weighted by atomic mass is 10.2. The summed E-state index contributed by atoms with van der Waals surface area (Å²) in [6.45, 7) is 2.03. The number of hydrogen-bond acceptors (Lipinski definition) is 5. The van der Waals surface area contributed by atoms with Crippen molar-refractivity contribution in [2.75, 3.05) is 29.3 Å². The zero-order valence-electron chi connectivity index (χ0n) is 10.2. The molecule has 96 valence electrons. The third-order valence-electron chi connectivity index (χ3n) is 2.28. The van der Waals surface area contributed by atoms with Crippen molar-refractivity contribution in [1.82, 2.24) is 0 Å². The van der Waals surface area contributed by atoms with E-state index in [1.54, 1.807) is 23.9 Å². The number of thioether (sulfide) groups is 1. The summed E-state index contributed by atoms with van der Waals surface area (Å²) in [5.74, 6) is 0.933. The summed E-state index contributed by atoms with van der Waals surface area (Å²) >= 11 is 1.72. The maximum Gasteiger partial charge on any atom is 0.177 e. The average molecular weight is 274 g/mol. The first-order valence-corrected chi connectivity index (χ1v) is 8.48. The molecular formula is C11H18N2O2S2. The van der Waals surface area contributed by atoms with Gasteiger partial charge in [-0.3, -0.25) is 0 Å². The van der Waals surface area contributed by atoms with E-state index < -0.39 is 9.84 Å². The van der Waals surface area contributed by atoms with Crippen molar-refractivity contribution in [3.05, 3.63) is 18.2 Å². The highest BCUT2D eigenvalue weighted by Gasteiger charge is 2.14. The molecule has 1 atom stereocenters. The Bertz CT molecular complexity index is 486. The van der Waals surface area contributed by atoms with Gasteiger partial charge >= 0.3 is 0 Å². The number of anilines is 2. The van der Waals surface area contributed by atoms with E-state index in [1.807, 2.05) is 13.2 Å². The number of sulfone groups is 1. The van der Waals surface area contributed by atoms with E-state index in [1.165, 1.54) is 6.07 Å². The van der Waals surface area contributed by atoms with Crippen LogP contribution in [-0.4, -0.2) is 32.7 Å². The van der Waals surface area contributed by atoms with Crippen LogP contribution in [0, 0.1) is 0 Å². The topological polar surface area (TPSA) is 72.2 Å². The molecule has 0 radical (unpaired) electrons. The molecule has 0 fully saturated rings. The minimum absolute atomic E-state index is 0.179. The second-order valence-corrected chi connectivity index (χ2v) is 6.89. The number of nitrogens with one attached hydrogen (secondary N) is 1. The standard InChI is InChI=1S/C11H18N2O2S2/c1-8(7-16-2)13-9-5-4-6-10(11(9)12)17(3,14)15/h4-6,8,13H,7,12H2,1-3H3. The van der Waals surface area contributed by atoms with Crippen LogP contribution in [0.1, 0.15) is 6.92 Å². The lowest BCUT2D eigenvalue weighted by Crippen LogP contribution is -2.19. The highest BCUT2D eigenvalue weighted by Crippen LogP contribution is 2.27. The molecule has 0 aliphatic heterocycles. The predicted octanol–water partition coefficient (Wildman–Crippen LogP) is 1.84. The maximum absolute atomic E-state index is 11.5. The van der Waals surface area contributed by atoms with Crippen molar-refractivity contribution >= 4 is 33.0 Å².